The van der Waals surface area contributed by atoms with Crippen LogP contribution in [0.25, 0.3) is 0 Å². The zero-order chi connectivity index (χ0) is 17.2. The van der Waals surface area contributed by atoms with Crippen LogP contribution in [0.5, 0.6) is 0 Å². The average molecular weight is 344 g/mol. The van der Waals surface area contributed by atoms with Gasteiger partial charge in [-0.3, -0.25) is 9.52 Å². The van der Waals surface area contributed by atoms with Gasteiger partial charge in [0.1, 0.15) is 0 Å². The van der Waals surface area contributed by atoms with Crippen LogP contribution in [0.15, 0.2) is 48.5 Å². The van der Waals surface area contributed by atoms with Gasteiger partial charge in [-0.2, -0.15) is 0 Å². The fourth-order valence-electron chi connectivity index (χ4n) is 3.16. The number of para-hydroxylation sites is 2. The minimum absolute atomic E-state index is 0.112. The summed E-state index contributed by atoms with van der Waals surface area (Å²) >= 11 is 0. The minimum Gasteiger partial charge on any atom is -0.324 e. The van der Waals surface area contributed by atoms with Crippen LogP contribution in [0.3, 0.4) is 0 Å². The fraction of sp³-hybridized carbons (Fsp3) is 0.278. The first-order chi connectivity index (χ1) is 11.4. The molecule has 0 radical (unpaired) electrons. The summed E-state index contributed by atoms with van der Waals surface area (Å²) in [5.74, 6) is 0.107. The van der Waals surface area contributed by atoms with E-state index in [1.807, 2.05) is 12.1 Å². The van der Waals surface area contributed by atoms with Gasteiger partial charge in [-0.15, -0.1) is 0 Å². The molecule has 0 fully saturated rings. The van der Waals surface area contributed by atoms with Crippen LogP contribution in [-0.2, 0) is 21.2 Å². The summed E-state index contributed by atoms with van der Waals surface area (Å²) in [4.78, 5) is 12.4. The van der Waals surface area contributed by atoms with Gasteiger partial charge in [0.2, 0.25) is 15.9 Å². The number of fused-ring (bicyclic) bond motifs is 1. The van der Waals surface area contributed by atoms with Crippen molar-refractivity contribution in [1.82, 2.24) is 0 Å². The number of hydrogen-bond donors (Lipinski definition) is 2. The van der Waals surface area contributed by atoms with E-state index in [1.165, 1.54) is 11.1 Å². The normalized spacial score (nSPS) is 16.5. The summed E-state index contributed by atoms with van der Waals surface area (Å²) < 4.78 is 25.3. The quantitative estimate of drug-likeness (QED) is 0.875. The molecular formula is C18H20N2O3S. The van der Waals surface area contributed by atoms with E-state index in [0.717, 1.165) is 19.1 Å². The van der Waals surface area contributed by atoms with Crippen LogP contribution < -0.4 is 10.0 Å². The summed E-state index contributed by atoms with van der Waals surface area (Å²) in [6.07, 6.45) is 3.45. The highest BCUT2D eigenvalue weighted by atomic mass is 32.2. The standard InChI is InChI=1S/C18H20N2O3S/c1-24(22,23)20-17-9-5-4-8-16(17)19-18(21)12-14-11-10-13-6-2-3-7-15(13)14/h2-9,14,20H,10-12H2,1H3,(H,19,21)/t14-/m1/s1. The first-order valence-corrected chi connectivity index (χ1v) is 9.76. The molecule has 2 aromatic rings. The third-order valence-corrected chi connectivity index (χ3v) is 4.78. The Balaban J connectivity index is 1.70. The highest BCUT2D eigenvalue weighted by Crippen LogP contribution is 2.35. The highest BCUT2D eigenvalue weighted by Gasteiger charge is 2.24. The molecular weight excluding hydrogens is 324 g/mol. The zero-order valence-corrected chi connectivity index (χ0v) is 14.3. The third kappa shape index (κ3) is 3.94. The molecule has 1 amide bonds. The number of anilines is 2. The molecule has 1 atom stereocenters. The van der Waals surface area contributed by atoms with Crippen molar-refractivity contribution in [1.29, 1.82) is 0 Å². The van der Waals surface area contributed by atoms with Crippen molar-refractivity contribution in [2.24, 2.45) is 0 Å². The Morgan fingerprint density at radius 2 is 1.75 bits per heavy atom. The molecule has 5 nitrogen and oxygen atoms in total. The van der Waals surface area contributed by atoms with Gasteiger partial charge in [-0.05, 0) is 42.0 Å². The Labute approximate surface area is 142 Å². The molecule has 0 bridgehead atoms. The SMILES string of the molecule is CS(=O)(=O)Nc1ccccc1NC(=O)C[C@H]1CCc2ccccc21. The van der Waals surface area contributed by atoms with Crippen molar-refractivity contribution < 1.29 is 13.2 Å². The van der Waals surface area contributed by atoms with Crippen LogP contribution >= 0.6 is 0 Å². The number of nitrogens with one attached hydrogen (secondary N) is 2. The van der Waals surface area contributed by atoms with Crippen LogP contribution in [0.4, 0.5) is 11.4 Å². The number of sulfonamides is 1. The number of aryl methyl sites for hydroxylation is 1. The Bertz CT molecular complexity index is 862. The number of amides is 1. The number of rotatable bonds is 5. The van der Waals surface area contributed by atoms with Gasteiger partial charge in [0.05, 0.1) is 17.6 Å². The van der Waals surface area contributed by atoms with Crippen molar-refractivity contribution in [3.63, 3.8) is 0 Å². The highest BCUT2D eigenvalue weighted by molar-refractivity contribution is 7.92. The van der Waals surface area contributed by atoms with Crippen molar-refractivity contribution in [3.8, 4) is 0 Å². The Hall–Kier alpha value is -2.34. The molecule has 6 heteroatoms. The fourth-order valence-corrected chi connectivity index (χ4v) is 3.74. The van der Waals surface area contributed by atoms with Crippen molar-refractivity contribution in [2.45, 2.75) is 25.2 Å². The van der Waals surface area contributed by atoms with E-state index in [2.05, 4.69) is 22.2 Å². The van der Waals surface area contributed by atoms with Gasteiger partial charge < -0.3 is 5.32 Å². The van der Waals surface area contributed by atoms with Crippen molar-refractivity contribution in [2.75, 3.05) is 16.3 Å². The molecule has 0 spiro atoms. The number of hydrogen-bond acceptors (Lipinski definition) is 3. The minimum atomic E-state index is -3.40. The summed E-state index contributed by atoms with van der Waals surface area (Å²) in [7, 11) is -3.40. The van der Waals surface area contributed by atoms with Gasteiger partial charge in [-0.25, -0.2) is 8.42 Å². The van der Waals surface area contributed by atoms with E-state index < -0.39 is 10.0 Å². The first kappa shape index (κ1) is 16.5. The molecule has 0 saturated carbocycles. The van der Waals surface area contributed by atoms with E-state index in [0.29, 0.717) is 17.8 Å². The van der Waals surface area contributed by atoms with E-state index in [9.17, 15) is 13.2 Å². The van der Waals surface area contributed by atoms with Crippen molar-refractivity contribution in [3.05, 3.63) is 59.7 Å². The number of carbonyl (C=O) groups excluding carboxylic acids is 1. The Kier molecular flexibility index (Phi) is 4.57. The number of carbonyl (C=O) groups is 1. The van der Waals surface area contributed by atoms with Gasteiger partial charge in [0, 0.05) is 6.42 Å². The molecule has 1 aliphatic carbocycles. The molecule has 0 unspecified atom stereocenters. The molecule has 0 saturated heterocycles. The Morgan fingerprint density at radius 1 is 1.08 bits per heavy atom. The summed E-state index contributed by atoms with van der Waals surface area (Å²) in [6, 6.07) is 15.0. The maximum Gasteiger partial charge on any atom is 0.229 e. The molecule has 2 aromatic carbocycles. The lowest BCUT2D eigenvalue weighted by atomic mass is 9.97. The van der Waals surface area contributed by atoms with Gasteiger partial charge in [-0.1, -0.05) is 36.4 Å². The molecule has 0 heterocycles. The largest absolute Gasteiger partial charge is 0.324 e. The second-order valence-electron chi connectivity index (χ2n) is 6.11. The van der Waals surface area contributed by atoms with Crippen LogP contribution in [0.2, 0.25) is 0 Å². The first-order valence-electron chi connectivity index (χ1n) is 7.87. The molecule has 0 aromatic heterocycles. The van der Waals surface area contributed by atoms with Crippen LogP contribution in [-0.4, -0.2) is 20.6 Å². The van der Waals surface area contributed by atoms with E-state index in [1.54, 1.807) is 24.3 Å². The molecule has 2 N–H and O–H groups in total. The average Bonchev–Trinajstić information content (AvgIpc) is 2.91. The van der Waals surface area contributed by atoms with E-state index in [-0.39, 0.29) is 11.8 Å². The lowest BCUT2D eigenvalue weighted by Crippen LogP contribution is -2.17. The van der Waals surface area contributed by atoms with Gasteiger partial charge >= 0.3 is 0 Å². The number of benzene rings is 2. The second kappa shape index (κ2) is 6.65. The van der Waals surface area contributed by atoms with E-state index >= 15 is 0 Å². The van der Waals surface area contributed by atoms with Crippen molar-refractivity contribution >= 4 is 27.3 Å². The predicted molar refractivity (Wildman–Crippen MR) is 95.7 cm³/mol. The van der Waals surface area contributed by atoms with Gasteiger partial charge in [0.25, 0.3) is 0 Å². The van der Waals surface area contributed by atoms with Gasteiger partial charge in [0.15, 0.2) is 0 Å². The smallest absolute Gasteiger partial charge is 0.229 e. The van der Waals surface area contributed by atoms with Crippen LogP contribution in [0.1, 0.15) is 29.9 Å². The van der Waals surface area contributed by atoms with E-state index in [4.69, 9.17) is 0 Å². The monoisotopic (exact) mass is 344 g/mol. The molecule has 24 heavy (non-hydrogen) atoms. The lowest BCUT2D eigenvalue weighted by molar-refractivity contribution is -0.116. The third-order valence-electron chi connectivity index (χ3n) is 4.19. The molecule has 3 rings (SSSR count). The maximum absolute atomic E-state index is 12.4. The summed E-state index contributed by atoms with van der Waals surface area (Å²) in [6.45, 7) is 0. The second-order valence-corrected chi connectivity index (χ2v) is 7.85. The summed E-state index contributed by atoms with van der Waals surface area (Å²) in [5.41, 5.74) is 3.41. The zero-order valence-electron chi connectivity index (χ0n) is 13.5. The Morgan fingerprint density at radius 3 is 2.50 bits per heavy atom. The predicted octanol–water partition coefficient (Wildman–Crippen LogP) is 3.12. The maximum atomic E-state index is 12.4. The summed E-state index contributed by atoms with van der Waals surface area (Å²) in [5, 5.41) is 2.82. The van der Waals surface area contributed by atoms with Crippen LogP contribution in [0, 0.1) is 0 Å². The topological polar surface area (TPSA) is 75.3 Å². The lowest BCUT2D eigenvalue weighted by Gasteiger charge is -2.14. The molecule has 1 aliphatic rings. The molecule has 0 aliphatic heterocycles. The molecule has 126 valence electrons.